The summed E-state index contributed by atoms with van der Waals surface area (Å²) in [6.07, 6.45) is 1.85. The second-order valence-corrected chi connectivity index (χ2v) is 4.82. The second kappa shape index (κ2) is 7.73. The van der Waals surface area contributed by atoms with Crippen molar-refractivity contribution in [2.45, 2.75) is 39.7 Å². The largest absolute Gasteiger partial charge is 0.461 e. The Morgan fingerprint density at radius 1 is 1.26 bits per heavy atom. The fourth-order valence-electron chi connectivity index (χ4n) is 1.46. The van der Waals surface area contributed by atoms with Crippen molar-refractivity contribution in [3.8, 4) is 6.01 Å². The maximum absolute atomic E-state index is 8.92. The molecule has 1 unspecified atom stereocenters. The highest BCUT2D eigenvalue weighted by atomic mass is 16.5. The number of hydrogen-bond donors (Lipinski definition) is 3. The summed E-state index contributed by atoms with van der Waals surface area (Å²) in [5, 5.41) is 12.0. The Kier molecular flexibility index (Phi) is 6.27. The number of ether oxygens (including phenoxy) is 1. The molecule has 0 fully saturated rings. The van der Waals surface area contributed by atoms with Crippen molar-refractivity contribution >= 4 is 11.9 Å². The molecule has 19 heavy (non-hydrogen) atoms. The van der Waals surface area contributed by atoms with Gasteiger partial charge >= 0.3 is 6.01 Å². The molecule has 1 atom stereocenters. The van der Waals surface area contributed by atoms with Gasteiger partial charge in [0.2, 0.25) is 11.9 Å². The highest BCUT2D eigenvalue weighted by Crippen LogP contribution is 2.11. The average Bonchev–Trinajstić information content (AvgIpc) is 2.32. The van der Waals surface area contributed by atoms with Gasteiger partial charge in [0, 0.05) is 13.2 Å². The minimum atomic E-state index is -0.0138. The molecule has 0 aromatic carbocycles. The third kappa shape index (κ3) is 6.19. The molecule has 7 nitrogen and oxygen atoms in total. The fraction of sp³-hybridized carbons (Fsp3) is 0.750. The Morgan fingerprint density at radius 3 is 2.63 bits per heavy atom. The quantitative estimate of drug-likeness (QED) is 0.606. The van der Waals surface area contributed by atoms with Crippen molar-refractivity contribution in [3.63, 3.8) is 0 Å². The maximum atomic E-state index is 8.92. The first kappa shape index (κ1) is 15.4. The number of nitrogens with two attached hydrogens (primary N) is 1. The summed E-state index contributed by atoms with van der Waals surface area (Å²) in [5.41, 5.74) is 5.59. The van der Waals surface area contributed by atoms with Crippen molar-refractivity contribution < 1.29 is 9.84 Å². The van der Waals surface area contributed by atoms with Gasteiger partial charge in [-0.05, 0) is 32.6 Å². The molecule has 1 heterocycles. The fourth-order valence-corrected chi connectivity index (χ4v) is 1.46. The monoisotopic (exact) mass is 269 g/mol. The van der Waals surface area contributed by atoms with E-state index in [4.69, 9.17) is 15.6 Å². The predicted octanol–water partition coefficient (Wildman–Crippen LogP) is 1.06. The first-order valence-corrected chi connectivity index (χ1v) is 6.54. The summed E-state index contributed by atoms with van der Waals surface area (Å²) < 4.78 is 5.38. The molecular weight excluding hydrogens is 246 g/mol. The topological polar surface area (TPSA) is 106 Å². The predicted molar refractivity (Wildman–Crippen MR) is 74.0 cm³/mol. The molecule has 0 aliphatic heterocycles. The van der Waals surface area contributed by atoms with Gasteiger partial charge in [-0.15, -0.1) is 0 Å². The van der Waals surface area contributed by atoms with E-state index < -0.39 is 0 Å². The van der Waals surface area contributed by atoms with E-state index in [0.29, 0.717) is 11.9 Å². The third-order valence-corrected chi connectivity index (χ3v) is 2.44. The van der Waals surface area contributed by atoms with Crippen molar-refractivity contribution in [1.82, 2.24) is 15.0 Å². The SMILES string of the molecule is CC(CO)CCCNc1nc(N)nc(OC(C)C)n1. The third-order valence-electron chi connectivity index (χ3n) is 2.44. The van der Waals surface area contributed by atoms with Crippen LogP contribution in [0.2, 0.25) is 0 Å². The molecule has 0 aliphatic rings. The van der Waals surface area contributed by atoms with Crippen LogP contribution in [0.15, 0.2) is 0 Å². The van der Waals surface area contributed by atoms with Gasteiger partial charge in [-0.25, -0.2) is 0 Å². The standard InChI is InChI=1S/C12H23N5O2/c1-8(2)19-12-16-10(13)15-11(17-12)14-6-4-5-9(3)7-18/h8-9,18H,4-7H2,1-3H3,(H3,13,14,15,16,17). The smallest absolute Gasteiger partial charge is 0.323 e. The average molecular weight is 269 g/mol. The Labute approximate surface area is 113 Å². The number of anilines is 2. The van der Waals surface area contributed by atoms with Crippen LogP contribution in [0.3, 0.4) is 0 Å². The molecule has 0 radical (unpaired) electrons. The zero-order valence-electron chi connectivity index (χ0n) is 11.8. The molecule has 0 aliphatic carbocycles. The summed E-state index contributed by atoms with van der Waals surface area (Å²) in [6, 6.07) is 0.230. The first-order chi connectivity index (χ1) is 9.01. The molecule has 1 aromatic heterocycles. The zero-order chi connectivity index (χ0) is 14.3. The van der Waals surface area contributed by atoms with Gasteiger partial charge in [0.1, 0.15) is 0 Å². The van der Waals surface area contributed by atoms with Crippen LogP contribution in [-0.2, 0) is 0 Å². The molecule has 0 saturated heterocycles. The van der Waals surface area contributed by atoms with E-state index in [-0.39, 0.29) is 24.7 Å². The molecule has 7 heteroatoms. The van der Waals surface area contributed by atoms with Crippen molar-refractivity contribution in [3.05, 3.63) is 0 Å². The Balaban J connectivity index is 2.46. The molecule has 0 saturated carbocycles. The lowest BCUT2D eigenvalue weighted by Crippen LogP contribution is -2.14. The van der Waals surface area contributed by atoms with Crippen LogP contribution in [-0.4, -0.2) is 39.3 Å². The number of nitrogens with zero attached hydrogens (tertiary/aromatic N) is 3. The van der Waals surface area contributed by atoms with Gasteiger partial charge < -0.3 is 20.9 Å². The first-order valence-electron chi connectivity index (χ1n) is 6.54. The van der Waals surface area contributed by atoms with E-state index in [2.05, 4.69) is 20.3 Å². The molecule has 4 N–H and O–H groups in total. The number of nitrogen functional groups attached to an aromatic ring is 1. The molecule has 1 rings (SSSR count). The molecular formula is C12H23N5O2. The summed E-state index contributed by atoms with van der Waals surface area (Å²) >= 11 is 0. The number of aromatic nitrogens is 3. The summed E-state index contributed by atoms with van der Waals surface area (Å²) in [6.45, 7) is 6.72. The van der Waals surface area contributed by atoms with E-state index in [9.17, 15) is 0 Å². The van der Waals surface area contributed by atoms with Gasteiger partial charge in [0.25, 0.3) is 0 Å². The van der Waals surface area contributed by atoms with Gasteiger partial charge in [-0.2, -0.15) is 15.0 Å². The lowest BCUT2D eigenvalue weighted by Gasteiger charge is -2.11. The van der Waals surface area contributed by atoms with Crippen LogP contribution in [0, 0.1) is 5.92 Å². The number of rotatable bonds is 8. The Morgan fingerprint density at radius 2 is 2.00 bits per heavy atom. The van der Waals surface area contributed by atoms with E-state index in [1.807, 2.05) is 20.8 Å². The van der Waals surface area contributed by atoms with Crippen molar-refractivity contribution in [2.24, 2.45) is 5.92 Å². The molecule has 1 aromatic rings. The highest BCUT2D eigenvalue weighted by molar-refractivity contribution is 5.32. The van der Waals surface area contributed by atoms with Crippen LogP contribution in [0.1, 0.15) is 33.6 Å². The van der Waals surface area contributed by atoms with Crippen LogP contribution in [0.25, 0.3) is 0 Å². The van der Waals surface area contributed by atoms with Gasteiger partial charge in [-0.3, -0.25) is 0 Å². The van der Waals surface area contributed by atoms with Gasteiger partial charge in [0.05, 0.1) is 6.10 Å². The molecule has 0 spiro atoms. The summed E-state index contributed by atoms with van der Waals surface area (Å²) in [4.78, 5) is 12.0. The lowest BCUT2D eigenvalue weighted by molar-refractivity contribution is 0.222. The normalized spacial score (nSPS) is 12.5. The minimum absolute atomic E-state index is 0.0138. The Hall–Kier alpha value is -1.63. The number of nitrogens with one attached hydrogen (secondary N) is 1. The maximum Gasteiger partial charge on any atom is 0.323 e. The minimum Gasteiger partial charge on any atom is -0.461 e. The van der Waals surface area contributed by atoms with Gasteiger partial charge in [-0.1, -0.05) is 6.92 Å². The number of hydrogen-bond acceptors (Lipinski definition) is 7. The summed E-state index contributed by atoms with van der Waals surface area (Å²) in [5.74, 6) is 0.863. The van der Waals surface area contributed by atoms with Crippen molar-refractivity contribution in [1.29, 1.82) is 0 Å². The number of aliphatic hydroxyl groups excluding tert-OH is 1. The van der Waals surface area contributed by atoms with Crippen LogP contribution >= 0.6 is 0 Å². The van der Waals surface area contributed by atoms with Crippen LogP contribution in [0.5, 0.6) is 6.01 Å². The van der Waals surface area contributed by atoms with E-state index >= 15 is 0 Å². The van der Waals surface area contributed by atoms with E-state index in [1.165, 1.54) is 0 Å². The Bertz CT molecular complexity index is 386. The van der Waals surface area contributed by atoms with E-state index in [0.717, 1.165) is 19.4 Å². The second-order valence-electron chi connectivity index (χ2n) is 4.82. The van der Waals surface area contributed by atoms with E-state index in [1.54, 1.807) is 0 Å². The van der Waals surface area contributed by atoms with Crippen LogP contribution < -0.4 is 15.8 Å². The molecule has 108 valence electrons. The lowest BCUT2D eigenvalue weighted by atomic mass is 10.1. The number of aliphatic hydroxyl groups is 1. The van der Waals surface area contributed by atoms with Crippen LogP contribution in [0.4, 0.5) is 11.9 Å². The zero-order valence-corrected chi connectivity index (χ0v) is 11.8. The highest BCUT2D eigenvalue weighted by Gasteiger charge is 2.07. The van der Waals surface area contributed by atoms with Crippen molar-refractivity contribution in [2.75, 3.05) is 24.2 Å². The molecule has 0 bridgehead atoms. The molecule has 0 amide bonds. The van der Waals surface area contributed by atoms with Gasteiger partial charge in [0.15, 0.2) is 0 Å². The summed E-state index contributed by atoms with van der Waals surface area (Å²) in [7, 11) is 0.